The molecule has 1 unspecified atom stereocenters. The van der Waals surface area contributed by atoms with E-state index in [9.17, 15) is 5.26 Å². The highest BCUT2D eigenvalue weighted by Gasteiger charge is 2.46. The van der Waals surface area contributed by atoms with Gasteiger partial charge in [-0.1, -0.05) is 19.1 Å². The second-order valence-corrected chi connectivity index (χ2v) is 5.18. The number of nitriles is 1. The van der Waals surface area contributed by atoms with Gasteiger partial charge in [-0.25, -0.2) is 0 Å². The Balaban J connectivity index is 2.31. The molecule has 1 aliphatic rings. The van der Waals surface area contributed by atoms with Crippen LogP contribution in [0, 0.1) is 17.2 Å². The minimum atomic E-state index is -0.0889. The Morgan fingerprint density at radius 3 is 2.28 bits per heavy atom. The third kappa shape index (κ3) is 1.97. The largest absolute Gasteiger partial charge is 0.379 e. The van der Waals surface area contributed by atoms with Crippen LogP contribution in [0.2, 0.25) is 0 Å². The molecule has 0 aromatic heterocycles. The first-order chi connectivity index (χ1) is 8.64. The molecule has 2 rings (SSSR count). The maximum absolute atomic E-state index is 9.32. The van der Waals surface area contributed by atoms with Crippen molar-refractivity contribution in [1.82, 2.24) is 0 Å². The zero-order valence-corrected chi connectivity index (χ0v) is 11.3. The predicted molar refractivity (Wildman–Crippen MR) is 72.7 cm³/mol. The maximum Gasteiger partial charge on any atom is 0.0666 e. The number of hydrogen-bond donors (Lipinski definition) is 0. The van der Waals surface area contributed by atoms with Crippen molar-refractivity contribution < 1.29 is 4.74 Å². The second kappa shape index (κ2) is 4.99. The van der Waals surface area contributed by atoms with Crippen LogP contribution >= 0.6 is 0 Å². The van der Waals surface area contributed by atoms with Gasteiger partial charge in [0.05, 0.1) is 30.6 Å². The summed E-state index contributed by atoms with van der Waals surface area (Å²) in [5, 5.41) is 9.32. The molecule has 1 fully saturated rings. The van der Waals surface area contributed by atoms with Gasteiger partial charge in [0.15, 0.2) is 0 Å². The number of benzene rings is 1. The predicted octanol–water partition coefficient (Wildman–Crippen LogP) is 2.57. The standard InChI is InChI=1S/C15H20N2O/c1-4-12(9-16)15(10-18-11-15)13-5-7-14(8-6-13)17(2)3/h5-8,12H,4,10-11H2,1-3H3. The monoisotopic (exact) mass is 244 g/mol. The fourth-order valence-electron chi connectivity index (χ4n) is 2.59. The molecule has 0 amide bonds. The van der Waals surface area contributed by atoms with Crippen molar-refractivity contribution in [2.75, 3.05) is 32.2 Å². The lowest BCUT2D eigenvalue weighted by Gasteiger charge is -2.45. The van der Waals surface area contributed by atoms with Gasteiger partial charge in [-0.2, -0.15) is 5.26 Å². The molecule has 1 aromatic rings. The van der Waals surface area contributed by atoms with E-state index in [1.54, 1.807) is 0 Å². The number of rotatable bonds is 4. The Morgan fingerprint density at radius 2 is 1.94 bits per heavy atom. The summed E-state index contributed by atoms with van der Waals surface area (Å²) in [4.78, 5) is 2.08. The first-order valence-corrected chi connectivity index (χ1v) is 6.39. The van der Waals surface area contributed by atoms with Crippen molar-refractivity contribution in [3.63, 3.8) is 0 Å². The van der Waals surface area contributed by atoms with Crippen molar-refractivity contribution in [2.45, 2.75) is 18.8 Å². The summed E-state index contributed by atoms with van der Waals surface area (Å²) in [6, 6.07) is 10.9. The maximum atomic E-state index is 9.32. The highest BCUT2D eigenvalue weighted by Crippen LogP contribution is 2.41. The normalized spacial score (nSPS) is 18.6. The van der Waals surface area contributed by atoms with Crippen LogP contribution in [0.5, 0.6) is 0 Å². The average Bonchev–Trinajstić information content (AvgIpc) is 2.33. The molecule has 3 heteroatoms. The lowest BCUT2D eigenvalue weighted by Crippen LogP contribution is -2.51. The molecule has 0 bridgehead atoms. The SMILES string of the molecule is CCC(C#N)C1(c2ccc(N(C)C)cc2)COC1. The van der Waals surface area contributed by atoms with Crippen molar-refractivity contribution in [3.8, 4) is 6.07 Å². The van der Waals surface area contributed by atoms with Crippen molar-refractivity contribution >= 4 is 5.69 Å². The van der Waals surface area contributed by atoms with Crippen molar-refractivity contribution in [1.29, 1.82) is 5.26 Å². The molecule has 1 aliphatic heterocycles. The number of ether oxygens (including phenoxy) is 1. The average molecular weight is 244 g/mol. The Morgan fingerprint density at radius 1 is 1.33 bits per heavy atom. The van der Waals surface area contributed by atoms with Crippen LogP contribution in [-0.2, 0) is 10.2 Å². The van der Waals surface area contributed by atoms with Crippen LogP contribution in [-0.4, -0.2) is 27.3 Å². The highest BCUT2D eigenvalue weighted by molar-refractivity contribution is 5.48. The molecule has 1 atom stereocenters. The molecule has 0 saturated carbocycles. The van der Waals surface area contributed by atoms with E-state index in [-0.39, 0.29) is 11.3 Å². The lowest BCUT2D eigenvalue weighted by molar-refractivity contribution is -0.0804. The zero-order chi connectivity index (χ0) is 13.2. The number of anilines is 1. The summed E-state index contributed by atoms with van der Waals surface area (Å²) in [6.45, 7) is 3.41. The Kier molecular flexibility index (Phi) is 3.58. The summed E-state index contributed by atoms with van der Waals surface area (Å²) in [5.74, 6) is 0.0384. The van der Waals surface area contributed by atoms with Gasteiger partial charge in [-0.15, -0.1) is 0 Å². The smallest absolute Gasteiger partial charge is 0.0666 e. The van der Waals surface area contributed by atoms with Crippen LogP contribution in [0.4, 0.5) is 5.69 Å². The third-order valence-corrected chi connectivity index (χ3v) is 3.91. The molecule has 96 valence electrons. The Bertz CT molecular complexity index is 441. The van der Waals surface area contributed by atoms with Gasteiger partial charge in [0.25, 0.3) is 0 Å². The van der Waals surface area contributed by atoms with E-state index in [0.717, 1.165) is 6.42 Å². The summed E-state index contributed by atoms with van der Waals surface area (Å²) >= 11 is 0. The second-order valence-electron chi connectivity index (χ2n) is 5.18. The molecule has 0 aliphatic carbocycles. The van der Waals surface area contributed by atoms with E-state index in [0.29, 0.717) is 13.2 Å². The quantitative estimate of drug-likeness (QED) is 0.816. The molecule has 18 heavy (non-hydrogen) atoms. The van der Waals surface area contributed by atoms with Crippen LogP contribution in [0.25, 0.3) is 0 Å². The fraction of sp³-hybridized carbons (Fsp3) is 0.533. The fourth-order valence-corrected chi connectivity index (χ4v) is 2.59. The minimum Gasteiger partial charge on any atom is -0.379 e. The van der Waals surface area contributed by atoms with E-state index in [2.05, 4.69) is 42.2 Å². The molecule has 1 heterocycles. The van der Waals surface area contributed by atoms with Crippen LogP contribution in [0.3, 0.4) is 0 Å². The van der Waals surface area contributed by atoms with Gasteiger partial charge in [-0.05, 0) is 24.1 Å². The molecular weight excluding hydrogens is 224 g/mol. The molecule has 0 N–H and O–H groups in total. The van der Waals surface area contributed by atoms with Crippen molar-refractivity contribution in [2.24, 2.45) is 5.92 Å². The van der Waals surface area contributed by atoms with Crippen molar-refractivity contribution in [3.05, 3.63) is 29.8 Å². The molecule has 1 aromatic carbocycles. The highest BCUT2D eigenvalue weighted by atomic mass is 16.5. The van der Waals surface area contributed by atoms with Crippen LogP contribution in [0.15, 0.2) is 24.3 Å². The van der Waals surface area contributed by atoms with Crippen LogP contribution < -0.4 is 4.90 Å². The summed E-state index contributed by atoms with van der Waals surface area (Å²) in [6.07, 6.45) is 0.870. The molecular formula is C15H20N2O. The molecule has 3 nitrogen and oxygen atoms in total. The number of hydrogen-bond acceptors (Lipinski definition) is 3. The van der Waals surface area contributed by atoms with Gasteiger partial charge in [0.2, 0.25) is 0 Å². The van der Waals surface area contributed by atoms with Gasteiger partial charge < -0.3 is 9.64 Å². The Hall–Kier alpha value is -1.53. The zero-order valence-electron chi connectivity index (χ0n) is 11.3. The van der Waals surface area contributed by atoms with Crippen LogP contribution in [0.1, 0.15) is 18.9 Å². The van der Waals surface area contributed by atoms with E-state index >= 15 is 0 Å². The molecule has 1 saturated heterocycles. The summed E-state index contributed by atoms with van der Waals surface area (Å²) in [5.41, 5.74) is 2.32. The minimum absolute atomic E-state index is 0.0384. The van der Waals surface area contributed by atoms with Gasteiger partial charge in [0, 0.05) is 19.8 Å². The first-order valence-electron chi connectivity index (χ1n) is 6.39. The van der Waals surface area contributed by atoms with E-state index in [4.69, 9.17) is 4.74 Å². The van der Waals surface area contributed by atoms with E-state index < -0.39 is 0 Å². The number of nitrogens with zero attached hydrogens (tertiary/aromatic N) is 2. The third-order valence-electron chi connectivity index (χ3n) is 3.91. The molecule has 0 radical (unpaired) electrons. The van der Waals surface area contributed by atoms with Gasteiger partial charge >= 0.3 is 0 Å². The van der Waals surface area contributed by atoms with Gasteiger partial charge in [-0.3, -0.25) is 0 Å². The molecule has 0 spiro atoms. The van der Waals surface area contributed by atoms with Gasteiger partial charge in [0.1, 0.15) is 0 Å². The topological polar surface area (TPSA) is 36.3 Å². The summed E-state index contributed by atoms with van der Waals surface area (Å²) < 4.78 is 5.39. The first kappa shape index (κ1) is 12.9. The van der Waals surface area contributed by atoms with E-state index in [1.807, 2.05) is 14.1 Å². The lowest BCUT2D eigenvalue weighted by atomic mass is 9.68. The Labute approximate surface area is 109 Å². The summed E-state index contributed by atoms with van der Waals surface area (Å²) in [7, 11) is 4.06. The van der Waals surface area contributed by atoms with E-state index in [1.165, 1.54) is 11.3 Å².